The van der Waals surface area contributed by atoms with Crippen molar-refractivity contribution < 1.29 is 19.1 Å². The number of nitrogens with zero attached hydrogens (tertiary/aromatic N) is 3. The molecule has 0 aromatic carbocycles. The van der Waals surface area contributed by atoms with Crippen molar-refractivity contribution in [3.8, 4) is 0 Å². The second kappa shape index (κ2) is 7.50. The molecule has 0 bridgehead atoms. The van der Waals surface area contributed by atoms with E-state index < -0.39 is 5.54 Å². The molecule has 2 amide bonds. The van der Waals surface area contributed by atoms with Gasteiger partial charge in [-0.05, 0) is 46.7 Å². The summed E-state index contributed by atoms with van der Waals surface area (Å²) in [5.74, 6) is -0.289. The molecule has 2 aliphatic rings. The first-order chi connectivity index (χ1) is 13.8. The summed E-state index contributed by atoms with van der Waals surface area (Å²) < 4.78 is 7.39. The molecule has 0 radical (unpaired) electrons. The average molecular weight is 402 g/mol. The molecule has 2 N–H and O–H groups in total. The van der Waals surface area contributed by atoms with Gasteiger partial charge in [-0.2, -0.15) is 0 Å². The minimum atomic E-state index is -1.00. The van der Waals surface area contributed by atoms with Crippen LogP contribution < -0.4 is 5.32 Å². The average Bonchev–Trinajstić information content (AvgIpc) is 3.25. The van der Waals surface area contributed by atoms with Crippen LogP contribution in [0.2, 0.25) is 0 Å². The minimum absolute atomic E-state index is 0.0357. The topological polar surface area (TPSA) is 91.0 Å². The summed E-state index contributed by atoms with van der Waals surface area (Å²) in [5, 5.41) is 12.9. The fourth-order valence-electron chi connectivity index (χ4n) is 4.48. The van der Waals surface area contributed by atoms with Crippen LogP contribution >= 0.6 is 0 Å². The van der Waals surface area contributed by atoms with Crippen LogP contribution in [0.15, 0.2) is 22.8 Å². The molecule has 2 aromatic heterocycles. The molecule has 1 atom stereocenters. The van der Waals surface area contributed by atoms with Crippen molar-refractivity contribution in [3.05, 3.63) is 24.1 Å². The van der Waals surface area contributed by atoms with E-state index in [0.717, 1.165) is 18.4 Å². The van der Waals surface area contributed by atoms with E-state index in [2.05, 4.69) is 5.32 Å². The molecule has 1 fully saturated rings. The van der Waals surface area contributed by atoms with Crippen molar-refractivity contribution in [1.82, 2.24) is 19.7 Å². The van der Waals surface area contributed by atoms with Crippen molar-refractivity contribution in [3.63, 3.8) is 0 Å². The van der Waals surface area contributed by atoms with E-state index in [0.29, 0.717) is 43.8 Å². The maximum Gasteiger partial charge on any atom is 0.271 e. The van der Waals surface area contributed by atoms with Crippen LogP contribution in [0.4, 0.5) is 0 Å². The SMILES string of the molecule is CN(C)CCN1C(=O)c2cc3occc3n2CC1(C)C(=O)NC1CCC(O)CC1. The predicted molar refractivity (Wildman–Crippen MR) is 109 cm³/mol. The number of furan rings is 1. The van der Waals surface area contributed by atoms with Crippen molar-refractivity contribution in [1.29, 1.82) is 0 Å². The summed E-state index contributed by atoms with van der Waals surface area (Å²) in [6.07, 6.45) is 4.24. The summed E-state index contributed by atoms with van der Waals surface area (Å²) in [4.78, 5) is 30.6. The number of rotatable bonds is 5. The van der Waals surface area contributed by atoms with Crippen LogP contribution in [0.5, 0.6) is 0 Å². The van der Waals surface area contributed by atoms with Crippen LogP contribution in [0.25, 0.3) is 11.1 Å². The first-order valence-corrected chi connectivity index (χ1v) is 10.3. The molecule has 0 spiro atoms. The number of hydrogen-bond acceptors (Lipinski definition) is 5. The van der Waals surface area contributed by atoms with Gasteiger partial charge < -0.3 is 29.2 Å². The molecule has 8 heteroatoms. The maximum atomic E-state index is 13.5. The Kier molecular flexibility index (Phi) is 5.16. The summed E-state index contributed by atoms with van der Waals surface area (Å²) in [5.41, 5.74) is 1.05. The van der Waals surface area contributed by atoms with E-state index in [1.807, 2.05) is 36.6 Å². The highest BCUT2D eigenvalue weighted by molar-refractivity contribution is 6.02. The van der Waals surface area contributed by atoms with Gasteiger partial charge in [0.15, 0.2) is 5.58 Å². The van der Waals surface area contributed by atoms with Crippen LogP contribution in [0, 0.1) is 0 Å². The number of fused-ring (bicyclic) bond motifs is 3. The summed E-state index contributed by atoms with van der Waals surface area (Å²) in [7, 11) is 3.91. The van der Waals surface area contributed by atoms with E-state index in [1.165, 1.54) is 0 Å². The Morgan fingerprint density at radius 2 is 2.07 bits per heavy atom. The highest BCUT2D eigenvalue weighted by Crippen LogP contribution is 2.33. The summed E-state index contributed by atoms with van der Waals surface area (Å²) in [6.45, 7) is 3.36. The van der Waals surface area contributed by atoms with Crippen molar-refractivity contribution in [2.24, 2.45) is 0 Å². The zero-order valence-corrected chi connectivity index (χ0v) is 17.4. The Morgan fingerprint density at radius 1 is 1.34 bits per heavy atom. The fourth-order valence-corrected chi connectivity index (χ4v) is 4.48. The third-order valence-corrected chi connectivity index (χ3v) is 6.34. The smallest absolute Gasteiger partial charge is 0.271 e. The van der Waals surface area contributed by atoms with E-state index in [4.69, 9.17) is 4.42 Å². The molecule has 158 valence electrons. The van der Waals surface area contributed by atoms with Gasteiger partial charge in [-0.15, -0.1) is 0 Å². The van der Waals surface area contributed by atoms with Gasteiger partial charge in [-0.1, -0.05) is 0 Å². The minimum Gasteiger partial charge on any atom is -0.463 e. The highest BCUT2D eigenvalue weighted by Gasteiger charge is 2.48. The van der Waals surface area contributed by atoms with Gasteiger partial charge in [0.25, 0.3) is 5.91 Å². The second-order valence-corrected chi connectivity index (χ2v) is 8.80. The van der Waals surface area contributed by atoms with Gasteiger partial charge in [-0.25, -0.2) is 0 Å². The van der Waals surface area contributed by atoms with E-state index in [-0.39, 0.29) is 24.0 Å². The summed E-state index contributed by atoms with van der Waals surface area (Å²) >= 11 is 0. The Labute approximate surface area is 170 Å². The molecule has 1 saturated carbocycles. The van der Waals surface area contributed by atoms with E-state index in [9.17, 15) is 14.7 Å². The fraction of sp³-hybridized carbons (Fsp3) is 0.619. The Bertz CT molecular complexity index is 909. The van der Waals surface area contributed by atoms with Crippen molar-refractivity contribution >= 4 is 22.9 Å². The van der Waals surface area contributed by atoms with E-state index in [1.54, 1.807) is 17.2 Å². The lowest BCUT2D eigenvalue weighted by Gasteiger charge is -2.45. The van der Waals surface area contributed by atoms with Crippen molar-refractivity contribution in [2.45, 2.75) is 56.8 Å². The molecule has 3 heterocycles. The molecule has 1 aliphatic carbocycles. The number of aliphatic hydroxyl groups excluding tert-OH is 1. The van der Waals surface area contributed by atoms with Crippen LogP contribution in [0.3, 0.4) is 0 Å². The summed E-state index contributed by atoms with van der Waals surface area (Å²) in [6, 6.07) is 3.64. The number of carbonyl (C=O) groups excluding carboxylic acids is 2. The lowest BCUT2D eigenvalue weighted by Crippen LogP contribution is -2.65. The third kappa shape index (κ3) is 3.55. The van der Waals surface area contributed by atoms with Gasteiger partial charge in [0.2, 0.25) is 5.91 Å². The predicted octanol–water partition coefficient (Wildman–Crippen LogP) is 1.43. The lowest BCUT2D eigenvalue weighted by molar-refractivity contribution is -0.134. The third-order valence-electron chi connectivity index (χ3n) is 6.34. The number of aromatic nitrogens is 1. The molecular weight excluding hydrogens is 372 g/mol. The van der Waals surface area contributed by atoms with E-state index >= 15 is 0 Å². The van der Waals surface area contributed by atoms with Gasteiger partial charge in [-0.3, -0.25) is 9.59 Å². The standard InChI is InChI=1S/C21H30N4O4/c1-21(20(28)22-14-4-6-15(26)7-5-14)13-24-16-8-11-29-18(16)12-17(24)19(27)25(21)10-9-23(2)3/h8,11-12,14-15,26H,4-7,9-10,13H2,1-3H3,(H,22,28). The molecular formula is C21H30N4O4. The Balaban J connectivity index is 1.64. The zero-order valence-electron chi connectivity index (χ0n) is 17.4. The van der Waals surface area contributed by atoms with Crippen LogP contribution in [0.1, 0.15) is 43.1 Å². The number of nitrogens with one attached hydrogen (secondary N) is 1. The normalized spacial score (nSPS) is 27.5. The monoisotopic (exact) mass is 402 g/mol. The van der Waals surface area contributed by atoms with Gasteiger partial charge in [0, 0.05) is 31.3 Å². The second-order valence-electron chi connectivity index (χ2n) is 8.80. The van der Waals surface area contributed by atoms with Crippen LogP contribution in [-0.4, -0.2) is 76.2 Å². The number of aliphatic hydroxyl groups is 1. The maximum absolute atomic E-state index is 13.5. The van der Waals surface area contributed by atoms with Gasteiger partial charge in [0.05, 0.1) is 24.4 Å². The Morgan fingerprint density at radius 3 is 2.76 bits per heavy atom. The quantitative estimate of drug-likeness (QED) is 0.790. The number of hydrogen-bond donors (Lipinski definition) is 2. The van der Waals surface area contributed by atoms with Crippen LogP contribution in [-0.2, 0) is 11.3 Å². The lowest BCUT2D eigenvalue weighted by atomic mass is 9.90. The molecule has 8 nitrogen and oxygen atoms in total. The molecule has 1 unspecified atom stereocenters. The molecule has 0 saturated heterocycles. The van der Waals surface area contributed by atoms with Crippen molar-refractivity contribution in [2.75, 3.05) is 27.2 Å². The number of amides is 2. The number of likely N-dealkylation sites (N-methyl/N-ethyl adjacent to an activating group) is 1. The zero-order chi connectivity index (χ0) is 20.8. The van der Waals surface area contributed by atoms with Gasteiger partial charge >= 0.3 is 0 Å². The molecule has 29 heavy (non-hydrogen) atoms. The Hall–Kier alpha value is -2.32. The molecule has 1 aliphatic heterocycles. The van der Waals surface area contributed by atoms with Gasteiger partial charge in [0.1, 0.15) is 11.2 Å². The largest absolute Gasteiger partial charge is 0.463 e. The molecule has 2 aromatic rings. The highest BCUT2D eigenvalue weighted by atomic mass is 16.3. The first-order valence-electron chi connectivity index (χ1n) is 10.3. The number of carbonyl (C=O) groups is 2. The molecule has 4 rings (SSSR count). The first kappa shape index (κ1) is 20.0.